The summed E-state index contributed by atoms with van der Waals surface area (Å²) in [4.78, 5) is 28.8. The van der Waals surface area contributed by atoms with Crippen molar-refractivity contribution in [3.05, 3.63) is 59.9 Å². The van der Waals surface area contributed by atoms with Gasteiger partial charge in [0.2, 0.25) is 11.8 Å². The molecule has 0 aliphatic heterocycles. The molecular weight excluding hydrogens is 335 g/mol. The number of halogens is 3. The summed E-state index contributed by atoms with van der Waals surface area (Å²) < 4.78 is 38.4. The number of nitrogens with zero attached hydrogens (tertiary/aromatic N) is 2. The van der Waals surface area contributed by atoms with Gasteiger partial charge in [0, 0.05) is 18.8 Å². The molecule has 0 spiro atoms. The number of hydrogen-bond donors (Lipinski definition) is 1. The standard InChI is InChI=1S/C17H16F3N3O2/c1-12(24)23(15-7-4-5-13(9-15)17(18,19)20)11-16(25)22-10-14-6-2-3-8-21-14/h2-9H,10-11H2,1H3,(H,22,25). The normalized spacial score (nSPS) is 11.0. The molecule has 0 atom stereocenters. The van der Waals surface area contributed by atoms with Crippen LogP contribution in [0.4, 0.5) is 18.9 Å². The molecule has 0 saturated carbocycles. The van der Waals surface area contributed by atoms with E-state index in [1.165, 1.54) is 19.1 Å². The fourth-order valence-corrected chi connectivity index (χ4v) is 2.13. The lowest BCUT2D eigenvalue weighted by molar-refractivity contribution is -0.137. The zero-order chi connectivity index (χ0) is 18.4. The third kappa shape index (κ3) is 5.30. The number of nitrogens with one attached hydrogen (secondary N) is 1. The molecule has 0 bridgehead atoms. The highest BCUT2D eigenvalue weighted by molar-refractivity contribution is 5.97. The van der Waals surface area contributed by atoms with Gasteiger partial charge in [-0.2, -0.15) is 13.2 Å². The molecule has 25 heavy (non-hydrogen) atoms. The first kappa shape index (κ1) is 18.4. The summed E-state index contributed by atoms with van der Waals surface area (Å²) in [6.07, 6.45) is -2.95. The van der Waals surface area contributed by atoms with Crippen LogP contribution in [0, 0.1) is 0 Å². The Kier molecular flexibility index (Phi) is 5.74. The third-order valence-corrected chi connectivity index (χ3v) is 3.36. The summed E-state index contributed by atoms with van der Waals surface area (Å²) >= 11 is 0. The van der Waals surface area contributed by atoms with E-state index in [4.69, 9.17) is 0 Å². The number of amides is 2. The summed E-state index contributed by atoms with van der Waals surface area (Å²) in [6, 6.07) is 9.50. The maximum Gasteiger partial charge on any atom is 0.416 e. The van der Waals surface area contributed by atoms with Gasteiger partial charge in [0.05, 0.1) is 17.8 Å². The average molecular weight is 351 g/mol. The van der Waals surface area contributed by atoms with E-state index in [1.54, 1.807) is 24.4 Å². The molecule has 0 unspecified atom stereocenters. The Balaban J connectivity index is 2.08. The molecule has 5 nitrogen and oxygen atoms in total. The molecule has 2 aromatic rings. The molecule has 1 aromatic heterocycles. The van der Waals surface area contributed by atoms with Gasteiger partial charge in [-0.1, -0.05) is 12.1 Å². The molecule has 8 heteroatoms. The van der Waals surface area contributed by atoms with Crippen LogP contribution >= 0.6 is 0 Å². The van der Waals surface area contributed by atoms with E-state index in [-0.39, 0.29) is 18.8 Å². The van der Waals surface area contributed by atoms with Crippen LogP contribution in [0.3, 0.4) is 0 Å². The minimum absolute atomic E-state index is 0.00955. The quantitative estimate of drug-likeness (QED) is 0.901. The highest BCUT2D eigenvalue weighted by Gasteiger charge is 2.31. The van der Waals surface area contributed by atoms with E-state index in [0.717, 1.165) is 17.0 Å². The molecule has 0 aliphatic rings. The summed E-state index contributed by atoms with van der Waals surface area (Å²) in [5.74, 6) is -1.04. The Morgan fingerprint density at radius 2 is 1.92 bits per heavy atom. The van der Waals surface area contributed by atoms with Crippen molar-refractivity contribution >= 4 is 17.5 Å². The van der Waals surface area contributed by atoms with Crippen molar-refractivity contribution in [1.29, 1.82) is 0 Å². The maximum atomic E-state index is 12.8. The predicted molar refractivity (Wildman–Crippen MR) is 85.6 cm³/mol. The summed E-state index contributed by atoms with van der Waals surface area (Å²) in [7, 11) is 0. The monoisotopic (exact) mass is 351 g/mol. The Morgan fingerprint density at radius 3 is 2.52 bits per heavy atom. The second kappa shape index (κ2) is 7.78. The van der Waals surface area contributed by atoms with Crippen molar-refractivity contribution < 1.29 is 22.8 Å². The number of carbonyl (C=O) groups is 2. The van der Waals surface area contributed by atoms with E-state index >= 15 is 0 Å². The lowest BCUT2D eigenvalue weighted by Gasteiger charge is -2.21. The molecule has 0 radical (unpaired) electrons. The molecule has 0 aliphatic carbocycles. The van der Waals surface area contributed by atoms with E-state index in [0.29, 0.717) is 5.69 Å². The lowest BCUT2D eigenvalue weighted by atomic mass is 10.1. The van der Waals surface area contributed by atoms with Gasteiger partial charge in [-0.15, -0.1) is 0 Å². The zero-order valence-electron chi connectivity index (χ0n) is 13.4. The highest BCUT2D eigenvalue weighted by Crippen LogP contribution is 2.31. The second-order valence-electron chi connectivity index (χ2n) is 5.25. The predicted octanol–water partition coefficient (Wildman–Crippen LogP) is 2.77. The van der Waals surface area contributed by atoms with E-state index in [1.807, 2.05) is 0 Å². The summed E-state index contributed by atoms with van der Waals surface area (Å²) in [6.45, 7) is 0.962. The van der Waals surface area contributed by atoms with Gasteiger partial charge in [0.1, 0.15) is 6.54 Å². The Hall–Kier alpha value is -2.90. The van der Waals surface area contributed by atoms with Crippen molar-refractivity contribution in [3.8, 4) is 0 Å². The number of pyridine rings is 1. The smallest absolute Gasteiger partial charge is 0.349 e. The van der Waals surface area contributed by atoms with Gasteiger partial charge in [-0.25, -0.2) is 0 Å². The van der Waals surface area contributed by atoms with Gasteiger partial charge in [0.25, 0.3) is 0 Å². The topological polar surface area (TPSA) is 62.3 Å². The summed E-state index contributed by atoms with van der Waals surface area (Å²) in [5.41, 5.74) is -0.246. The molecule has 0 saturated heterocycles. The molecule has 2 rings (SSSR count). The average Bonchev–Trinajstić information content (AvgIpc) is 2.58. The zero-order valence-corrected chi connectivity index (χ0v) is 13.4. The van der Waals surface area contributed by atoms with Crippen molar-refractivity contribution in [2.75, 3.05) is 11.4 Å². The van der Waals surface area contributed by atoms with Crippen LogP contribution in [0.15, 0.2) is 48.7 Å². The number of alkyl halides is 3. The minimum Gasteiger partial charge on any atom is -0.349 e. The third-order valence-electron chi connectivity index (χ3n) is 3.36. The molecule has 1 aromatic carbocycles. The number of carbonyl (C=O) groups excluding carboxylic acids is 2. The molecular formula is C17H16F3N3O2. The van der Waals surface area contributed by atoms with Gasteiger partial charge in [-0.05, 0) is 30.3 Å². The number of aromatic nitrogens is 1. The lowest BCUT2D eigenvalue weighted by Crippen LogP contribution is -2.39. The van der Waals surface area contributed by atoms with Crippen LogP contribution < -0.4 is 10.2 Å². The molecule has 1 N–H and O–H groups in total. The molecule has 132 valence electrons. The Bertz CT molecular complexity index is 748. The summed E-state index contributed by atoms with van der Waals surface area (Å²) in [5, 5.41) is 2.58. The van der Waals surface area contributed by atoms with Gasteiger partial charge >= 0.3 is 6.18 Å². The van der Waals surface area contributed by atoms with Crippen molar-refractivity contribution in [2.45, 2.75) is 19.6 Å². The number of rotatable bonds is 5. The van der Waals surface area contributed by atoms with Crippen LogP contribution in [-0.2, 0) is 22.3 Å². The van der Waals surface area contributed by atoms with Crippen LogP contribution in [-0.4, -0.2) is 23.3 Å². The second-order valence-corrected chi connectivity index (χ2v) is 5.25. The first-order valence-corrected chi connectivity index (χ1v) is 7.39. The fourth-order valence-electron chi connectivity index (χ4n) is 2.13. The van der Waals surface area contributed by atoms with E-state index in [2.05, 4.69) is 10.3 Å². The van der Waals surface area contributed by atoms with Crippen molar-refractivity contribution in [2.24, 2.45) is 0 Å². The first-order valence-electron chi connectivity index (χ1n) is 7.39. The van der Waals surface area contributed by atoms with Gasteiger partial charge < -0.3 is 10.2 Å². The maximum absolute atomic E-state index is 12.8. The van der Waals surface area contributed by atoms with E-state index in [9.17, 15) is 22.8 Å². The molecule has 0 fully saturated rings. The van der Waals surface area contributed by atoms with Gasteiger partial charge in [-0.3, -0.25) is 14.6 Å². The largest absolute Gasteiger partial charge is 0.416 e. The van der Waals surface area contributed by atoms with E-state index < -0.39 is 23.6 Å². The molecule has 2 amide bonds. The van der Waals surface area contributed by atoms with Gasteiger partial charge in [0.15, 0.2) is 0 Å². The van der Waals surface area contributed by atoms with Crippen molar-refractivity contribution in [3.63, 3.8) is 0 Å². The van der Waals surface area contributed by atoms with Crippen LogP contribution in [0.2, 0.25) is 0 Å². The molecule has 1 heterocycles. The Morgan fingerprint density at radius 1 is 1.16 bits per heavy atom. The van der Waals surface area contributed by atoms with Crippen molar-refractivity contribution in [1.82, 2.24) is 10.3 Å². The van der Waals surface area contributed by atoms with Crippen LogP contribution in [0.25, 0.3) is 0 Å². The highest BCUT2D eigenvalue weighted by atomic mass is 19.4. The first-order chi connectivity index (χ1) is 11.8. The fraction of sp³-hybridized carbons (Fsp3) is 0.235. The van der Waals surface area contributed by atoms with Crippen LogP contribution in [0.5, 0.6) is 0 Å². The SMILES string of the molecule is CC(=O)N(CC(=O)NCc1ccccn1)c1cccc(C(F)(F)F)c1. The van der Waals surface area contributed by atoms with Crippen LogP contribution in [0.1, 0.15) is 18.2 Å². The number of anilines is 1. The minimum atomic E-state index is -4.53. The number of hydrogen-bond acceptors (Lipinski definition) is 3. The number of benzene rings is 1. The Labute approximate surface area is 142 Å².